The van der Waals surface area contributed by atoms with Gasteiger partial charge in [-0.2, -0.15) is 0 Å². The molecule has 26 heavy (non-hydrogen) atoms. The van der Waals surface area contributed by atoms with Gasteiger partial charge in [-0.15, -0.1) is 0 Å². The van der Waals surface area contributed by atoms with Crippen LogP contribution in [0.5, 0.6) is 11.5 Å². The van der Waals surface area contributed by atoms with Crippen LogP contribution in [-0.2, 0) is 4.79 Å². The number of nitrogens with zero attached hydrogens (tertiary/aromatic N) is 3. The Kier molecular flexibility index (Phi) is 5.88. The molecular weight excluding hydrogens is 332 g/mol. The van der Waals surface area contributed by atoms with Gasteiger partial charge in [0, 0.05) is 19.2 Å². The van der Waals surface area contributed by atoms with Crippen molar-refractivity contribution in [3.8, 4) is 11.5 Å². The number of hydrogen-bond acceptors (Lipinski definition) is 6. The number of amides is 1. The third-order valence-electron chi connectivity index (χ3n) is 4.15. The Hall–Kier alpha value is -2.83. The zero-order valence-electron chi connectivity index (χ0n) is 15.1. The van der Waals surface area contributed by atoms with E-state index in [1.54, 1.807) is 25.1 Å². The molecule has 0 bridgehead atoms. The molecule has 1 aliphatic rings. The van der Waals surface area contributed by atoms with Crippen molar-refractivity contribution < 1.29 is 14.3 Å². The quantitative estimate of drug-likeness (QED) is 0.822. The van der Waals surface area contributed by atoms with Crippen LogP contribution in [0.1, 0.15) is 26.7 Å². The van der Waals surface area contributed by atoms with Gasteiger partial charge in [-0.1, -0.05) is 0 Å². The Bertz CT molecular complexity index is 730. The van der Waals surface area contributed by atoms with Crippen molar-refractivity contribution in [3.05, 3.63) is 36.7 Å². The van der Waals surface area contributed by atoms with E-state index in [-0.39, 0.29) is 5.91 Å². The topological polar surface area (TPSA) is 76.6 Å². The Morgan fingerprint density at radius 2 is 1.88 bits per heavy atom. The SMILES string of the molecule is CCOc1ccc(OC(C)C(=O)Nc2cc(N3CCCC3)ncn2)cc1. The molecule has 0 spiro atoms. The summed E-state index contributed by atoms with van der Waals surface area (Å²) in [6.45, 7) is 6.22. The van der Waals surface area contributed by atoms with Crippen LogP contribution >= 0.6 is 0 Å². The molecule has 2 heterocycles. The maximum Gasteiger partial charge on any atom is 0.266 e. The van der Waals surface area contributed by atoms with Crippen LogP contribution in [-0.4, -0.2) is 41.7 Å². The highest BCUT2D eigenvalue weighted by Gasteiger charge is 2.18. The first-order valence-corrected chi connectivity index (χ1v) is 8.93. The first-order chi connectivity index (χ1) is 12.7. The molecule has 1 aromatic carbocycles. The number of nitrogens with one attached hydrogen (secondary N) is 1. The molecule has 7 heteroatoms. The van der Waals surface area contributed by atoms with Crippen LogP contribution < -0.4 is 19.7 Å². The number of hydrogen-bond donors (Lipinski definition) is 1. The van der Waals surface area contributed by atoms with Gasteiger partial charge in [0.15, 0.2) is 6.10 Å². The maximum absolute atomic E-state index is 12.4. The number of carbonyl (C=O) groups is 1. The van der Waals surface area contributed by atoms with Crippen LogP contribution in [0.3, 0.4) is 0 Å². The van der Waals surface area contributed by atoms with Crippen molar-refractivity contribution in [2.45, 2.75) is 32.8 Å². The lowest BCUT2D eigenvalue weighted by molar-refractivity contribution is -0.122. The normalized spacial score (nSPS) is 14.8. The first kappa shape index (κ1) is 18.0. The second kappa shape index (κ2) is 8.51. The van der Waals surface area contributed by atoms with E-state index in [4.69, 9.17) is 9.47 Å². The minimum absolute atomic E-state index is 0.259. The van der Waals surface area contributed by atoms with Gasteiger partial charge in [-0.25, -0.2) is 9.97 Å². The molecule has 138 valence electrons. The Balaban J connectivity index is 1.57. The fourth-order valence-corrected chi connectivity index (χ4v) is 2.80. The van der Waals surface area contributed by atoms with Crippen LogP contribution in [0.2, 0.25) is 0 Å². The van der Waals surface area contributed by atoms with E-state index in [0.29, 0.717) is 18.2 Å². The molecule has 1 N–H and O–H groups in total. The second-order valence-corrected chi connectivity index (χ2v) is 6.11. The summed E-state index contributed by atoms with van der Waals surface area (Å²) in [5, 5.41) is 2.79. The van der Waals surface area contributed by atoms with Gasteiger partial charge < -0.3 is 19.7 Å². The van der Waals surface area contributed by atoms with E-state index in [9.17, 15) is 4.79 Å². The summed E-state index contributed by atoms with van der Waals surface area (Å²) >= 11 is 0. The van der Waals surface area contributed by atoms with Crippen molar-refractivity contribution in [2.75, 3.05) is 29.9 Å². The minimum atomic E-state index is -0.654. The summed E-state index contributed by atoms with van der Waals surface area (Å²) in [5.74, 6) is 2.44. The summed E-state index contributed by atoms with van der Waals surface area (Å²) in [4.78, 5) is 23.0. The molecule has 1 atom stereocenters. The second-order valence-electron chi connectivity index (χ2n) is 6.11. The molecule has 1 aromatic heterocycles. The Morgan fingerprint density at radius 1 is 1.19 bits per heavy atom. The number of anilines is 2. The summed E-state index contributed by atoms with van der Waals surface area (Å²) in [6.07, 6.45) is 3.15. The van der Waals surface area contributed by atoms with Gasteiger partial charge in [0.05, 0.1) is 6.61 Å². The highest BCUT2D eigenvalue weighted by Crippen LogP contribution is 2.21. The average molecular weight is 356 g/mol. The monoisotopic (exact) mass is 356 g/mol. The smallest absolute Gasteiger partial charge is 0.266 e. The maximum atomic E-state index is 12.4. The third-order valence-corrected chi connectivity index (χ3v) is 4.15. The summed E-state index contributed by atoms with van der Waals surface area (Å²) < 4.78 is 11.1. The van der Waals surface area contributed by atoms with Crippen molar-refractivity contribution in [1.29, 1.82) is 0 Å². The molecule has 1 unspecified atom stereocenters. The minimum Gasteiger partial charge on any atom is -0.494 e. The molecule has 1 aliphatic heterocycles. The van der Waals surface area contributed by atoms with Gasteiger partial charge >= 0.3 is 0 Å². The molecule has 0 aliphatic carbocycles. The van der Waals surface area contributed by atoms with E-state index in [0.717, 1.165) is 24.7 Å². The number of benzene rings is 1. The molecule has 0 saturated carbocycles. The van der Waals surface area contributed by atoms with Gasteiger partial charge in [0.2, 0.25) is 0 Å². The summed E-state index contributed by atoms with van der Waals surface area (Å²) in [7, 11) is 0. The molecule has 1 amide bonds. The first-order valence-electron chi connectivity index (χ1n) is 8.93. The highest BCUT2D eigenvalue weighted by atomic mass is 16.5. The summed E-state index contributed by atoms with van der Waals surface area (Å²) in [5.41, 5.74) is 0. The Labute approximate surface area is 153 Å². The fraction of sp³-hybridized carbons (Fsp3) is 0.421. The summed E-state index contributed by atoms with van der Waals surface area (Å²) in [6, 6.07) is 9.00. The molecular formula is C19H24N4O3. The van der Waals surface area contributed by atoms with Crippen LogP contribution in [0.4, 0.5) is 11.6 Å². The standard InChI is InChI=1S/C19H24N4O3/c1-3-25-15-6-8-16(9-7-15)26-14(2)19(24)22-17-12-18(21-13-20-17)23-10-4-5-11-23/h6-9,12-14H,3-5,10-11H2,1-2H3,(H,20,21,22,24). The van der Waals surface area contributed by atoms with Gasteiger partial charge in [-0.05, 0) is 51.0 Å². The largest absolute Gasteiger partial charge is 0.494 e. The zero-order chi connectivity index (χ0) is 18.4. The number of ether oxygens (including phenoxy) is 2. The van der Waals surface area contributed by atoms with Crippen LogP contribution in [0.25, 0.3) is 0 Å². The van der Waals surface area contributed by atoms with Crippen molar-refractivity contribution in [3.63, 3.8) is 0 Å². The lowest BCUT2D eigenvalue weighted by Gasteiger charge is -2.17. The zero-order valence-corrected chi connectivity index (χ0v) is 15.1. The van der Waals surface area contributed by atoms with E-state index >= 15 is 0 Å². The van der Waals surface area contributed by atoms with E-state index < -0.39 is 6.10 Å². The molecule has 0 radical (unpaired) electrons. The predicted octanol–water partition coefficient (Wildman–Crippen LogP) is 2.88. The van der Waals surface area contributed by atoms with Crippen molar-refractivity contribution in [1.82, 2.24) is 9.97 Å². The number of carbonyl (C=O) groups excluding carboxylic acids is 1. The Morgan fingerprint density at radius 3 is 2.58 bits per heavy atom. The number of aromatic nitrogens is 2. The lowest BCUT2D eigenvalue weighted by Crippen LogP contribution is -2.30. The number of rotatable bonds is 7. The van der Waals surface area contributed by atoms with Gasteiger partial charge in [0.1, 0.15) is 29.5 Å². The predicted molar refractivity (Wildman–Crippen MR) is 99.8 cm³/mol. The van der Waals surface area contributed by atoms with E-state index in [1.807, 2.05) is 19.1 Å². The van der Waals surface area contributed by atoms with Crippen LogP contribution in [0.15, 0.2) is 36.7 Å². The molecule has 2 aromatic rings. The fourth-order valence-electron chi connectivity index (χ4n) is 2.80. The van der Waals surface area contributed by atoms with Gasteiger partial charge in [0.25, 0.3) is 5.91 Å². The lowest BCUT2D eigenvalue weighted by atomic mass is 10.3. The third kappa shape index (κ3) is 4.62. The van der Waals surface area contributed by atoms with E-state index in [1.165, 1.54) is 19.2 Å². The van der Waals surface area contributed by atoms with E-state index in [2.05, 4.69) is 20.2 Å². The van der Waals surface area contributed by atoms with Crippen molar-refractivity contribution >= 4 is 17.5 Å². The molecule has 3 rings (SSSR count). The molecule has 1 saturated heterocycles. The van der Waals surface area contributed by atoms with Crippen molar-refractivity contribution in [2.24, 2.45) is 0 Å². The van der Waals surface area contributed by atoms with Gasteiger partial charge in [-0.3, -0.25) is 4.79 Å². The average Bonchev–Trinajstić information content (AvgIpc) is 3.18. The molecule has 1 fully saturated rings. The molecule has 7 nitrogen and oxygen atoms in total. The van der Waals surface area contributed by atoms with Crippen LogP contribution in [0, 0.1) is 0 Å². The highest BCUT2D eigenvalue weighted by molar-refractivity contribution is 5.93.